The van der Waals surface area contributed by atoms with Crippen molar-refractivity contribution in [1.29, 1.82) is 0 Å². The topological polar surface area (TPSA) is 38.3 Å². The van der Waals surface area contributed by atoms with Crippen LogP contribution in [0.2, 0.25) is 0 Å². The Labute approximate surface area is 276 Å². The van der Waals surface area contributed by atoms with Crippen molar-refractivity contribution in [2.75, 3.05) is 12.9 Å². The van der Waals surface area contributed by atoms with Crippen molar-refractivity contribution in [2.24, 2.45) is 5.92 Å². The van der Waals surface area contributed by atoms with E-state index in [1.54, 1.807) is 0 Å². The first-order valence-corrected chi connectivity index (χ1v) is 16.8. The molecular weight excluding hydrogens is 583 g/mol. The fourth-order valence-corrected chi connectivity index (χ4v) is 7.40. The van der Waals surface area contributed by atoms with Gasteiger partial charge in [0, 0.05) is 16.7 Å². The molecule has 4 heteroatoms. The van der Waals surface area contributed by atoms with Gasteiger partial charge in [-0.1, -0.05) is 152 Å². The molecule has 0 aliphatic heterocycles. The maximum atomic E-state index is 13.4. The standard InChI is InChI=1S/C42H39NO2S/c1-45-41(44)35(28-32-16-6-2-7-17-32)29-39(31-46-40-27-26-33-18-14-15-19-34(33)30-40)43-42(36-20-8-3-9-21-36,37-22-10-4-11-23-37)38-24-12-5-13-25-38/h2-27,30,35,39,43H,28-29,31H2,1H3. The number of rotatable bonds is 13. The zero-order valence-corrected chi connectivity index (χ0v) is 26.9. The Kier molecular flexibility index (Phi) is 10.3. The molecule has 0 aliphatic carbocycles. The van der Waals surface area contributed by atoms with E-state index in [0.717, 1.165) is 28.0 Å². The molecule has 6 rings (SSSR count). The summed E-state index contributed by atoms with van der Waals surface area (Å²) in [5.74, 6) is 0.257. The second kappa shape index (κ2) is 15.1. The normalized spacial score (nSPS) is 12.8. The summed E-state index contributed by atoms with van der Waals surface area (Å²) in [7, 11) is 1.49. The Bertz CT molecular complexity index is 1730. The van der Waals surface area contributed by atoms with Gasteiger partial charge in [-0.25, -0.2) is 0 Å². The van der Waals surface area contributed by atoms with E-state index in [-0.39, 0.29) is 17.9 Å². The molecule has 1 N–H and O–H groups in total. The molecule has 3 nitrogen and oxygen atoms in total. The minimum absolute atomic E-state index is 0.0649. The number of hydrogen-bond acceptors (Lipinski definition) is 4. The molecule has 0 fully saturated rings. The van der Waals surface area contributed by atoms with E-state index < -0.39 is 5.54 Å². The molecule has 0 radical (unpaired) electrons. The van der Waals surface area contributed by atoms with Crippen LogP contribution < -0.4 is 5.32 Å². The molecule has 0 bridgehead atoms. The van der Waals surface area contributed by atoms with Crippen molar-refractivity contribution < 1.29 is 9.53 Å². The van der Waals surface area contributed by atoms with Crippen molar-refractivity contribution in [1.82, 2.24) is 5.32 Å². The molecule has 0 heterocycles. The van der Waals surface area contributed by atoms with Crippen molar-refractivity contribution in [3.63, 3.8) is 0 Å². The highest BCUT2D eigenvalue weighted by atomic mass is 32.2. The predicted molar refractivity (Wildman–Crippen MR) is 191 cm³/mol. The molecule has 2 atom stereocenters. The number of ether oxygens (including phenoxy) is 1. The minimum Gasteiger partial charge on any atom is -0.469 e. The molecular formula is C42H39NO2S. The number of nitrogens with one attached hydrogen (secondary N) is 1. The largest absolute Gasteiger partial charge is 0.469 e. The lowest BCUT2D eigenvalue weighted by Gasteiger charge is -2.41. The van der Waals surface area contributed by atoms with E-state index in [0.29, 0.717) is 12.8 Å². The molecule has 0 saturated heterocycles. The van der Waals surface area contributed by atoms with E-state index in [9.17, 15) is 4.79 Å². The van der Waals surface area contributed by atoms with E-state index in [1.807, 2.05) is 30.0 Å². The van der Waals surface area contributed by atoms with Crippen molar-refractivity contribution in [3.05, 3.63) is 186 Å². The predicted octanol–water partition coefficient (Wildman–Crippen LogP) is 9.30. The number of carbonyl (C=O) groups is 1. The zero-order chi connectivity index (χ0) is 31.6. The Morgan fingerprint density at radius 2 is 1.15 bits per heavy atom. The number of thioether (sulfide) groups is 1. The fourth-order valence-electron chi connectivity index (χ4n) is 6.41. The third-order valence-corrected chi connectivity index (χ3v) is 9.80. The van der Waals surface area contributed by atoms with Crippen LogP contribution in [0.3, 0.4) is 0 Å². The van der Waals surface area contributed by atoms with Crippen molar-refractivity contribution >= 4 is 28.5 Å². The third kappa shape index (κ3) is 7.25. The molecule has 0 aromatic heterocycles. The summed E-state index contributed by atoms with van der Waals surface area (Å²) in [5.41, 5.74) is 3.90. The number of esters is 1. The molecule has 2 unspecified atom stereocenters. The summed E-state index contributed by atoms with van der Waals surface area (Å²) >= 11 is 1.82. The van der Waals surface area contributed by atoms with Crippen molar-refractivity contribution in [3.8, 4) is 0 Å². The molecule has 230 valence electrons. The number of carbonyl (C=O) groups excluding carboxylic acids is 1. The highest BCUT2D eigenvalue weighted by molar-refractivity contribution is 7.99. The van der Waals surface area contributed by atoms with Gasteiger partial charge >= 0.3 is 5.97 Å². The van der Waals surface area contributed by atoms with Crippen molar-refractivity contribution in [2.45, 2.75) is 29.3 Å². The van der Waals surface area contributed by atoms with Gasteiger partial charge in [0.15, 0.2) is 0 Å². The summed E-state index contributed by atoms with van der Waals surface area (Å²) in [5, 5.41) is 6.64. The fraction of sp³-hybridized carbons (Fsp3) is 0.167. The van der Waals surface area contributed by atoms with Gasteiger partial charge in [0.2, 0.25) is 0 Å². The lowest BCUT2D eigenvalue weighted by atomic mass is 9.76. The van der Waals surface area contributed by atoms with E-state index in [1.165, 1.54) is 22.8 Å². The lowest BCUT2D eigenvalue weighted by molar-refractivity contribution is -0.145. The van der Waals surface area contributed by atoms with Crippen LogP contribution in [0.15, 0.2) is 169 Å². The summed E-state index contributed by atoms with van der Waals surface area (Å²) in [6.07, 6.45) is 1.22. The quantitative estimate of drug-likeness (QED) is 0.0793. The number of fused-ring (bicyclic) bond motifs is 1. The highest BCUT2D eigenvalue weighted by Crippen LogP contribution is 2.39. The first-order chi connectivity index (χ1) is 22.7. The van der Waals surface area contributed by atoms with Gasteiger partial charge in [-0.05, 0) is 58.0 Å². The molecule has 6 aromatic carbocycles. The third-order valence-electron chi connectivity index (χ3n) is 8.64. The average molecular weight is 622 g/mol. The van der Waals surface area contributed by atoms with Gasteiger partial charge in [0.25, 0.3) is 0 Å². The maximum absolute atomic E-state index is 13.4. The first-order valence-electron chi connectivity index (χ1n) is 15.8. The van der Waals surface area contributed by atoms with Gasteiger partial charge < -0.3 is 4.74 Å². The summed E-state index contributed by atoms with van der Waals surface area (Å²) in [6, 6.07) is 57.3. The molecule has 0 aliphatic rings. The van der Waals surface area contributed by atoms with Gasteiger partial charge in [-0.2, -0.15) is 0 Å². The monoisotopic (exact) mass is 621 g/mol. The summed E-state index contributed by atoms with van der Waals surface area (Å²) in [6.45, 7) is 0. The van der Waals surface area contributed by atoms with Gasteiger partial charge in [0.05, 0.1) is 18.6 Å². The first kappa shape index (κ1) is 31.3. The lowest BCUT2D eigenvalue weighted by Crippen LogP contribution is -2.51. The van der Waals surface area contributed by atoms with Crippen LogP contribution >= 0.6 is 11.8 Å². The van der Waals surface area contributed by atoms with Crippen LogP contribution in [0.25, 0.3) is 10.8 Å². The number of methoxy groups -OCH3 is 1. The maximum Gasteiger partial charge on any atom is 0.309 e. The van der Waals surface area contributed by atoms with Gasteiger partial charge in [0.1, 0.15) is 0 Å². The average Bonchev–Trinajstić information content (AvgIpc) is 3.13. The second-order valence-electron chi connectivity index (χ2n) is 11.7. The van der Waals surface area contributed by atoms with Gasteiger partial charge in [-0.15, -0.1) is 11.8 Å². The summed E-state index contributed by atoms with van der Waals surface area (Å²) < 4.78 is 5.41. The Morgan fingerprint density at radius 1 is 0.652 bits per heavy atom. The van der Waals surface area contributed by atoms with Crippen LogP contribution in [-0.4, -0.2) is 24.9 Å². The van der Waals surface area contributed by atoms with Gasteiger partial charge in [-0.3, -0.25) is 10.1 Å². The zero-order valence-electron chi connectivity index (χ0n) is 26.1. The Morgan fingerprint density at radius 3 is 1.70 bits per heavy atom. The van der Waals surface area contributed by atoms with Crippen LogP contribution in [0, 0.1) is 5.92 Å². The summed E-state index contributed by atoms with van der Waals surface area (Å²) in [4.78, 5) is 14.6. The van der Waals surface area contributed by atoms with Crippen LogP contribution in [-0.2, 0) is 21.5 Å². The Hall–Kier alpha value is -4.64. The molecule has 0 saturated carbocycles. The number of hydrogen-bond donors (Lipinski definition) is 1. The second-order valence-corrected chi connectivity index (χ2v) is 12.7. The molecule has 0 spiro atoms. The van der Waals surface area contributed by atoms with Crippen LogP contribution in [0.4, 0.5) is 0 Å². The van der Waals surface area contributed by atoms with Crippen LogP contribution in [0.5, 0.6) is 0 Å². The highest BCUT2D eigenvalue weighted by Gasteiger charge is 2.39. The van der Waals surface area contributed by atoms with E-state index in [2.05, 4.69) is 151 Å². The minimum atomic E-state index is -0.661. The molecule has 6 aromatic rings. The Balaban J connectivity index is 1.43. The van der Waals surface area contributed by atoms with E-state index >= 15 is 0 Å². The van der Waals surface area contributed by atoms with E-state index in [4.69, 9.17) is 4.74 Å². The molecule has 46 heavy (non-hydrogen) atoms. The SMILES string of the molecule is COC(=O)C(Cc1ccccc1)CC(CSc1ccc2ccccc2c1)NC(c1ccccc1)(c1ccccc1)c1ccccc1. The smallest absolute Gasteiger partial charge is 0.309 e. The number of benzene rings is 6. The van der Waals surface area contributed by atoms with Crippen LogP contribution in [0.1, 0.15) is 28.7 Å². The molecule has 0 amide bonds.